The lowest BCUT2D eigenvalue weighted by molar-refractivity contribution is 0.167. The van der Waals surface area contributed by atoms with Crippen molar-refractivity contribution in [3.63, 3.8) is 0 Å². The molecule has 0 aromatic rings. The van der Waals surface area contributed by atoms with E-state index >= 15 is 0 Å². The van der Waals surface area contributed by atoms with Crippen LogP contribution >= 0.6 is 11.8 Å². The van der Waals surface area contributed by atoms with Crippen LogP contribution in [0.1, 0.15) is 26.2 Å². The van der Waals surface area contributed by atoms with E-state index < -0.39 is 0 Å². The Labute approximate surface area is 73.0 Å². The fourth-order valence-electron chi connectivity index (χ4n) is 0.692. The van der Waals surface area contributed by atoms with Crippen LogP contribution in [0, 0.1) is 0 Å². The van der Waals surface area contributed by atoms with Crippen molar-refractivity contribution in [2.45, 2.75) is 32.3 Å². The van der Waals surface area contributed by atoms with E-state index in [1.807, 2.05) is 6.92 Å². The van der Waals surface area contributed by atoms with E-state index in [2.05, 4.69) is 0 Å². The third-order valence-corrected chi connectivity index (χ3v) is 2.62. The van der Waals surface area contributed by atoms with Crippen molar-refractivity contribution < 1.29 is 10.2 Å². The number of rotatable bonds is 7. The summed E-state index contributed by atoms with van der Waals surface area (Å²) in [6.07, 6.45) is 2.47. The van der Waals surface area contributed by atoms with Crippen LogP contribution < -0.4 is 0 Å². The molecule has 0 saturated heterocycles. The normalized spacial score (nSPS) is 13.4. The van der Waals surface area contributed by atoms with Gasteiger partial charge in [0.25, 0.3) is 0 Å². The van der Waals surface area contributed by atoms with E-state index in [4.69, 9.17) is 10.2 Å². The molecule has 0 radical (unpaired) electrons. The summed E-state index contributed by atoms with van der Waals surface area (Å²) in [5, 5.41) is 17.6. The van der Waals surface area contributed by atoms with Gasteiger partial charge in [-0.1, -0.05) is 6.92 Å². The highest BCUT2D eigenvalue weighted by atomic mass is 32.2. The lowest BCUT2D eigenvalue weighted by Crippen LogP contribution is -2.05. The highest BCUT2D eigenvalue weighted by Crippen LogP contribution is 2.07. The van der Waals surface area contributed by atoms with E-state index in [1.165, 1.54) is 0 Å². The molecular weight excluding hydrogens is 160 g/mol. The zero-order chi connectivity index (χ0) is 8.53. The largest absolute Gasteiger partial charge is 0.396 e. The first-order chi connectivity index (χ1) is 5.31. The summed E-state index contributed by atoms with van der Waals surface area (Å²) in [5.74, 6) is 2.02. The molecule has 2 nitrogen and oxygen atoms in total. The molecule has 0 saturated carbocycles. The minimum atomic E-state index is -0.128. The van der Waals surface area contributed by atoms with Crippen LogP contribution in [0.3, 0.4) is 0 Å². The average molecular weight is 178 g/mol. The maximum Gasteiger partial charge on any atom is 0.0545 e. The molecule has 0 aliphatic rings. The van der Waals surface area contributed by atoms with Gasteiger partial charge in [-0.25, -0.2) is 0 Å². The molecule has 0 fully saturated rings. The van der Waals surface area contributed by atoms with Crippen molar-refractivity contribution in [3.8, 4) is 0 Å². The fraction of sp³-hybridized carbons (Fsp3) is 1.00. The zero-order valence-electron chi connectivity index (χ0n) is 7.12. The second-order valence-electron chi connectivity index (χ2n) is 2.54. The van der Waals surface area contributed by atoms with Crippen LogP contribution in [0.25, 0.3) is 0 Å². The first-order valence-electron chi connectivity index (χ1n) is 4.18. The fourth-order valence-corrected chi connectivity index (χ4v) is 1.67. The summed E-state index contributed by atoms with van der Waals surface area (Å²) in [7, 11) is 0. The SMILES string of the molecule is CCC(O)CCSCCCO. The van der Waals surface area contributed by atoms with Gasteiger partial charge in [-0.3, -0.25) is 0 Å². The van der Waals surface area contributed by atoms with Gasteiger partial charge < -0.3 is 10.2 Å². The molecule has 0 aliphatic heterocycles. The summed E-state index contributed by atoms with van der Waals surface area (Å²) in [5.41, 5.74) is 0. The maximum atomic E-state index is 9.15. The molecule has 3 heteroatoms. The molecule has 0 rings (SSSR count). The molecule has 68 valence electrons. The summed E-state index contributed by atoms with van der Waals surface area (Å²) in [6, 6.07) is 0. The van der Waals surface area contributed by atoms with Gasteiger partial charge in [0.1, 0.15) is 0 Å². The molecule has 0 aliphatic carbocycles. The number of hydrogen-bond acceptors (Lipinski definition) is 3. The van der Waals surface area contributed by atoms with E-state index in [0.717, 1.165) is 30.8 Å². The minimum absolute atomic E-state index is 0.128. The number of aliphatic hydroxyl groups excluding tert-OH is 2. The predicted octanol–water partition coefficient (Wildman–Crippen LogP) is 1.26. The quantitative estimate of drug-likeness (QED) is 0.577. The molecule has 1 unspecified atom stereocenters. The Balaban J connectivity index is 2.89. The molecule has 0 amide bonds. The summed E-state index contributed by atoms with van der Waals surface area (Å²) in [6.45, 7) is 2.27. The highest BCUT2D eigenvalue weighted by molar-refractivity contribution is 7.99. The number of hydrogen-bond donors (Lipinski definition) is 2. The van der Waals surface area contributed by atoms with Gasteiger partial charge in [-0.15, -0.1) is 0 Å². The summed E-state index contributed by atoms with van der Waals surface area (Å²) in [4.78, 5) is 0. The Kier molecular flexibility index (Phi) is 8.57. The molecule has 1 atom stereocenters. The van der Waals surface area contributed by atoms with Gasteiger partial charge in [0.05, 0.1) is 6.10 Å². The lowest BCUT2D eigenvalue weighted by Gasteiger charge is -2.05. The second-order valence-corrected chi connectivity index (χ2v) is 3.77. The van der Waals surface area contributed by atoms with Crippen molar-refractivity contribution in [2.75, 3.05) is 18.1 Å². The van der Waals surface area contributed by atoms with Crippen molar-refractivity contribution in [3.05, 3.63) is 0 Å². The monoisotopic (exact) mass is 178 g/mol. The Morgan fingerprint density at radius 3 is 2.64 bits per heavy atom. The summed E-state index contributed by atoms with van der Waals surface area (Å²) < 4.78 is 0. The molecule has 11 heavy (non-hydrogen) atoms. The van der Waals surface area contributed by atoms with Crippen LogP contribution in [-0.4, -0.2) is 34.4 Å². The zero-order valence-corrected chi connectivity index (χ0v) is 7.94. The van der Waals surface area contributed by atoms with Crippen LogP contribution in [0.15, 0.2) is 0 Å². The van der Waals surface area contributed by atoms with E-state index in [1.54, 1.807) is 11.8 Å². The second kappa shape index (κ2) is 8.37. The van der Waals surface area contributed by atoms with Gasteiger partial charge in [0.15, 0.2) is 0 Å². The number of thioether (sulfide) groups is 1. The molecule has 0 aromatic carbocycles. The van der Waals surface area contributed by atoms with Crippen molar-refractivity contribution >= 4 is 11.8 Å². The van der Waals surface area contributed by atoms with Gasteiger partial charge in [0, 0.05) is 6.61 Å². The molecule has 0 heterocycles. The third-order valence-electron chi connectivity index (χ3n) is 1.51. The first-order valence-corrected chi connectivity index (χ1v) is 5.33. The maximum absolute atomic E-state index is 9.15. The lowest BCUT2D eigenvalue weighted by atomic mass is 10.2. The topological polar surface area (TPSA) is 40.5 Å². The van der Waals surface area contributed by atoms with Gasteiger partial charge in [-0.2, -0.15) is 11.8 Å². The van der Waals surface area contributed by atoms with Crippen molar-refractivity contribution in [1.29, 1.82) is 0 Å². The van der Waals surface area contributed by atoms with Crippen molar-refractivity contribution in [1.82, 2.24) is 0 Å². The van der Waals surface area contributed by atoms with Crippen LogP contribution in [0.2, 0.25) is 0 Å². The smallest absolute Gasteiger partial charge is 0.0545 e. The molecule has 0 spiro atoms. The van der Waals surface area contributed by atoms with Gasteiger partial charge >= 0.3 is 0 Å². The van der Waals surface area contributed by atoms with Crippen LogP contribution in [-0.2, 0) is 0 Å². The van der Waals surface area contributed by atoms with Crippen molar-refractivity contribution in [2.24, 2.45) is 0 Å². The Morgan fingerprint density at radius 2 is 2.09 bits per heavy atom. The van der Waals surface area contributed by atoms with Gasteiger partial charge in [0.2, 0.25) is 0 Å². The molecule has 2 N–H and O–H groups in total. The third kappa shape index (κ3) is 8.17. The van der Waals surface area contributed by atoms with Crippen LogP contribution in [0.5, 0.6) is 0 Å². The average Bonchev–Trinajstić information content (AvgIpc) is 2.04. The predicted molar refractivity (Wildman–Crippen MR) is 49.9 cm³/mol. The van der Waals surface area contributed by atoms with E-state index in [-0.39, 0.29) is 12.7 Å². The van der Waals surface area contributed by atoms with Gasteiger partial charge in [-0.05, 0) is 30.8 Å². The minimum Gasteiger partial charge on any atom is -0.396 e. The standard InChI is InChI=1S/C8H18O2S/c1-2-8(10)4-7-11-6-3-5-9/h8-10H,2-7H2,1H3. The highest BCUT2D eigenvalue weighted by Gasteiger charge is 1.98. The van der Waals surface area contributed by atoms with Crippen LogP contribution in [0.4, 0.5) is 0 Å². The van der Waals surface area contributed by atoms with E-state index in [9.17, 15) is 0 Å². The summed E-state index contributed by atoms with van der Waals surface area (Å²) >= 11 is 1.80. The molecule has 0 bridgehead atoms. The number of aliphatic hydroxyl groups is 2. The Bertz CT molecular complexity index is 78.5. The molecular formula is C8H18O2S. The Hall–Kier alpha value is 0.270. The van der Waals surface area contributed by atoms with E-state index in [0.29, 0.717) is 0 Å². The Morgan fingerprint density at radius 1 is 1.36 bits per heavy atom. The molecule has 0 aromatic heterocycles. The first kappa shape index (κ1) is 11.3.